The minimum absolute atomic E-state index is 0.0509. The van der Waals surface area contributed by atoms with E-state index in [1.807, 2.05) is 13.8 Å². The zero-order valence-corrected chi connectivity index (χ0v) is 9.76. The Morgan fingerprint density at radius 2 is 1.87 bits per heavy atom. The number of hydrogen-bond donors (Lipinski definition) is 2. The first-order chi connectivity index (χ1) is 6.77. The topological polar surface area (TPSA) is 66.4 Å². The molecule has 1 amide bonds. The Balaban J connectivity index is 3.04. The molecule has 0 heterocycles. The normalized spacial score (nSPS) is 33.7. The average Bonchev–Trinajstić information content (AvgIpc) is 2.39. The van der Waals surface area contributed by atoms with Crippen molar-refractivity contribution in [3.8, 4) is 0 Å². The van der Waals surface area contributed by atoms with Gasteiger partial charge in [-0.3, -0.25) is 9.59 Å². The Bertz CT molecular complexity index is 298. The summed E-state index contributed by atoms with van der Waals surface area (Å²) in [4.78, 5) is 22.9. The quantitative estimate of drug-likeness (QED) is 0.725. The van der Waals surface area contributed by atoms with Crippen LogP contribution in [-0.2, 0) is 9.59 Å². The Morgan fingerprint density at radius 1 is 1.33 bits per heavy atom. The van der Waals surface area contributed by atoms with E-state index >= 15 is 0 Å². The van der Waals surface area contributed by atoms with Gasteiger partial charge in [-0.25, -0.2) is 0 Å². The van der Waals surface area contributed by atoms with Gasteiger partial charge in [-0.15, -0.1) is 0 Å². The van der Waals surface area contributed by atoms with Crippen molar-refractivity contribution in [2.45, 2.75) is 33.6 Å². The molecule has 1 saturated carbocycles. The van der Waals surface area contributed by atoms with Crippen molar-refractivity contribution in [2.75, 3.05) is 7.05 Å². The lowest BCUT2D eigenvalue weighted by molar-refractivity contribution is -0.155. The van der Waals surface area contributed by atoms with Crippen molar-refractivity contribution >= 4 is 11.9 Å². The number of rotatable bonds is 2. The number of carboxylic acids is 1. The van der Waals surface area contributed by atoms with Crippen molar-refractivity contribution in [1.29, 1.82) is 0 Å². The molecular formula is C11H19NO3. The summed E-state index contributed by atoms with van der Waals surface area (Å²) in [5.41, 5.74) is -1.30. The third kappa shape index (κ3) is 1.52. The standard InChI is InChI=1S/C11H19NO3/c1-10(2)7(8(13)12-4)5-6-11(10,3)9(14)15/h7H,5-6H2,1-4H3,(H,12,13)(H,14,15)/t7-,11+/m0/s1. The summed E-state index contributed by atoms with van der Waals surface area (Å²) in [6.07, 6.45) is 1.21. The van der Waals surface area contributed by atoms with Gasteiger partial charge < -0.3 is 10.4 Å². The molecule has 0 unspecified atom stereocenters. The number of nitrogens with one attached hydrogen (secondary N) is 1. The van der Waals surface area contributed by atoms with E-state index < -0.39 is 16.8 Å². The predicted octanol–water partition coefficient (Wildman–Crippen LogP) is 1.26. The van der Waals surface area contributed by atoms with Gasteiger partial charge in [-0.2, -0.15) is 0 Å². The van der Waals surface area contributed by atoms with Gasteiger partial charge in [0.2, 0.25) is 5.91 Å². The van der Waals surface area contributed by atoms with E-state index in [0.29, 0.717) is 12.8 Å². The first kappa shape index (κ1) is 12.0. The first-order valence-electron chi connectivity index (χ1n) is 5.22. The second-order valence-corrected chi connectivity index (χ2v) is 5.06. The van der Waals surface area contributed by atoms with E-state index in [0.717, 1.165) is 0 Å². The van der Waals surface area contributed by atoms with Crippen LogP contribution in [0.2, 0.25) is 0 Å². The number of carbonyl (C=O) groups excluding carboxylic acids is 1. The summed E-state index contributed by atoms with van der Waals surface area (Å²) in [6, 6.07) is 0. The third-order valence-corrected chi connectivity index (χ3v) is 4.26. The molecule has 0 aromatic carbocycles. The number of amides is 1. The zero-order chi connectivity index (χ0) is 11.9. The maximum absolute atomic E-state index is 11.6. The van der Waals surface area contributed by atoms with E-state index in [1.165, 1.54) is 0 Å². The van der Waals surface area contributed by atoms with E-state index in [9.17, 15) is 14.7 Å². The second kappa shape index (κ2) is 3.51. The monoisotopic (exact) mass is 213 g/mol. The lowest BCUT2D eigenvalue weighted by Crippen LogP contribution is -2.44. The van der Waals surface area contributed by atoms with Crippen molar-refractivity contribution in [3.05, 3.63) is 0 Å². The molecule has 1 aliphatic carbocycles. The van der Waals surface area contributed by atoms with Gasteiger partial charge in [0, 0.05) is 13.0 Å². The molecular weight excluding hydrogens is 194 g/mol. The lowest BCUT2D eigenvalue weighted by Gasteiger charge is -2.37. The van der Waals surface area contributed by atoms with Crippen LogP contribution in [-0.4, -0.2) is 24.0 Å². The fourth-order valence-corrected chi connectivity index (χ4v) is 2.52. The van der Waals surface area contributed by atoms with Crippen LogP contribution in [0.15, 0.2) is 0 Å². The SMILES string of the molecule is CNC(=O)[C@@H]1CC[C@](C)(C(=O)O)C1(C)C. The highest BCUT2D eigenvalue weighted by Crippen LogP contribution is 2.55. The van der Waals surface area contributed by atoms with Crippen molar-refractivity contribution in [3.63, 3.8) is 0 Å². The van der Waals surface area contributed by atoms with E-state index in [4.69, 9.17) is 0 Å². The Kier molecular flexibility index (Phi) is 2.81. The molecule has 1 fully saturated rings. The minimum atomic E-state index is -0.807. The van der Waals surface area contributed by atoms with Gasteiger partial charge >= 0.3 is 5.97 Å². The molecule has 0 aliphatic heterocycles. The molecule has 0 aromatic heterocycles. The highest BCUT2D eigenvalue weighted by molar-refractivity contribution is 5.83. The van der Waals surface area contributed by atoms with Gasteiger partial charge in [0.25, 0.3) is 0 Å². The van der Waals surface area contributed by atoms with Crippen LogP contribution in [0.5, 0.6) is 0 Å². The number of aliphatic carboxylic acids is 1. The van der Waals surface area contributed by atoms with Crippen LogP contribution in [0.1, 0.15) is 33.6 Å². The Hall–Kier alpha value is -1.06. The molecule has 1 rings (SSSR count). The molecule has 1 aliphatic rings. The van der Waals surface area contributed by atoms with Gasteiger partial charge in [-0.1, -0.05) is 13.8 Å². The largest absolute Gasteiger partial charge is 0.481 e. The number of carboxylic acid groups (broad SMARTS) is 1. The molecule has 0 radical (unpaired) electrons. The number of hydrogen-bond acceptors (Lipinski definition) is 2. The maximum Gasteiger partial charge on any atom is 0.309 e. The average molecular weight is 213 g/mol. The van der Waals surface area contributed by atoms with Crippen molar-refractivity contribution in [2.24, 2.45) is 16.7 Å². The summed E-state index contributed by atoms with van der Waals surface area (Å²) < 4.78 is 0. The van der Waals surface area contributed by atoms with Crippen LogP contribution >= 0.6 is 0 Å². The Morgan fingerprint density at radius 3 is 2.20 bits per heavy atom. The summed E-state index contributed by atoms with van der Waals surface area (Å²) >= 11 is 0. The molecule has 0 spiro atoms. The molecule has 0 saturated heterocycles. The maximum atomic E-state index is 11.6. The first-order valence-corrected chi connectivity index (χ1v) is 5.22. The van der Waals surface area contributed by atoms with E-state index in [1.54, 1.807) is 14.0 Å². The van der Waals surface area contributed by atoms with Gasteiger partial charge in [0.05, 0.1) is 5.41 Å². The molecule has 86 valence electrons. The van der Waals surface area contributed by atoms with Crippen molar-refractivity contribution in [1.82, 2.24) is 5.32 Å². The van der Waals surface area contributed by atoms with Crippen LogP contribution in [0.4, 0.5) is 0 Å². The van der Waals surface area contributed by atoms with Crippen LogP contribution in [0.3, 0.4) is 0 Å². The fraction of sp³-hybridized carbons (Fsp3) is 0.818. The summed E-state index contributed by atoms with van der Waals surface area (Å²) in [7, 11) is 1.59. The predicted molar refractivity (Wildman–Crippen MR) is 56.3 cm³/mol. The van der Waals surface area contributed by atoms with Gasteiger partial charge in [0.1, 0.15) is 0 Å². The van der Waals surface area contributed by atoms with Crippen molar-refractivity contribution < 1.29 is 14.7 Å². The van der Waals surface area contributed by atoms with Gasteiger partial charge in [-0.05, 0) is 25.2 Å². The van der Waals surface area contributed by atoms with E-state index in [2.05, 4.69) is 5.32 Å². The second-order valence-electron chi connectivity index (χ2n) is 5.06. The molecule has 0 aromatic rings. The molecule has 4 heteroatoms. The summed E-state index contributed by atoms with van der Waals surface area (Å²) in [5.74, 6) is -1.06. The highest BCUT2D eigenvalue weighted by atomic mass is 16.4. The molecule has 15 heavy (non-hydrogen) atoms. The molecule has 0 bridgehead atoms. The third-order valence-electron chi connectivity index (χ3n) is 4.26. The van der Waals surface area contributed by atoms with Gasteiger partial charge in [0.15, 0.2) is 0 Å². The lowest BCUT2D eigenvalue weighted by atomic mass is 9.65. The zero-order valence-electron chi connectivity index (χ0n) is 9.76. The minimum Gasteiger partial charge on any atom is -0.481 e. The Labute approximate surface area is 90.0 Å². The highest BCUT2D eigenvalue weighted by Gasteiger charge is 2.58. The smallest absolute Gasteiger partial charge is 0.309 e. The molecule has 2 N–H and O–H groups in total. The van der Waals surface area contributed by atoms with Crippen LogP contribution < -0.4 is 5.32 Å². The van der Waals surface area contributed by atoms with Crippen LogP contribution in [0.25, 0.3) is 0 Å². The fourth-order valence-electron chi connectivity index (χ4n) is 2.52. The summed E-state index contributed by atoms with van der Waals surface area (Å²) in [6.45, 7) is 5.47. The molecule has 2 atom stereocenters. The summed E-state index contributed by atoms with van der Waals surface area (Å²) in [5, 5.41) is 11.9. The van der Waals surface area contributed by atoms with E-state index in [-0.39, 0.29) is 11.8 Å². The molecule has 4 nitrogen and oxygen atoms in total. The van der Waals surface area contributed by atoms with Crippen LogP contribution in [0, 0.1) is 16.7 Å². The number of carbonyl (C=O) groups is 2.